The predicted octanol–water partition coefficient (Wildman–Crippen LogP) is 3.58. The van der Waals surface area contributed by atoms with E-state index in [4.69, 9.17) is 4.74 Å². The summed E-state index contributed by atoms with van der Waals surface area (Å²) >= 11 is 1.48. The van der Waals surface area contributed by atoms with Gasteiger partial charge in [0.15, 0.2) is 0 Å². The molecule has 0 radical (unpaired) electrons. The largest absolute Gasteiger partial charge is 0.497 e. The van der Waals surface area contributed by atoms with Gasteiger partial charge in [0.25, 0.3) is 0 Å². The molecule has 0 spiro atoms. The van der Waals surface area contributed by atoms with Gasteiger partial charge in [0.2, 0.25) is 0 Å². The highest BCUT2D eigenvalue weighted by atomic mass is 32.2. The second kappa shape index (κ2) is 4.87. The lowest BCUT2D eigenvalue weighted by Crippen LogP contribution is -2.02. The molecule has 0 aromatic heterocycles. The van der Waals surface area contributed by atoms with Gasteiger partial charge in [-0.15, -0.1) is 0 Å². The van der Waals surface area contributed by atoms with Crippen molar-refractivity contribution in [2.24, 2.45) is 0 Å². The van der Waals surface area contributed by atoms with Crippen molar-refractivity contribution in [2.45, 2.75) is 22.3 Å². The third-order valence-electron chi connectivity index (χ3n) is 3.24. The van der Waals surface area contributed by atoms with Crippen molar-refractivity contribution in [3.8, 4) is 5.75 Å². The molecule has 0 saturated carbocycles. The number of fused-ring (bicyclic) bond motifs is 2. The highest BCUT2D eigenvalue weighted by Gasteiger charge is 2.21. The third-order valence-corrected chi connectivity index (χ3v) is 4.43. The third kappa shape index (κ3) is 2.33. The summed E-state index contributed by atoms with van der Waals surface area (Å²) in [6.07, 6.45) is -0.104. The van der Waals surface area contributed by atoms with Gasteiger partial charge in [0, 0.05) is 16.2 Å². The quantitative estimate of drug-likeness (QED) is 0.863. The van der Waals surface area contributed by atoms with Crippen molar-refractivity contribution in [3.05, 3.63) is 53.3 Å². The highest BCUT2D eigenvalue weighted by Crippen LogP contribution is 2.42. The van der Waals surface area contributed by atoms with E-state index < -0.39 is 6.10 Å². The number of rotatable bonds is 1. The lowest BCUT2D eigenvalue weighted by Gasteiger charge is -2.12. The molecule has 0 fully saturated rings. The summed E-state index contributed by atoms with van der Waals surface area (Å²) in [5.74, 6) is 0.466. The molecule has 1 atom stereocenters. The molecule has 2 aromatic carbocycles. The van der Waals surface area contributed by atoms with E-state index >= 15 is 0 Å². The molecule has 1 aliphatic heterocycles. The van der Waals surface area contributed by atoms with Crippen molar-refractivity contribution in [1.82, 2.24) is 0 Å². The number of benzene rings is 2. The van der Waals surface area contributed by atoms with Crippen molar-refractivity contribution in [3.63, 3.8) is 0 Å². The zero-order valence-electron chi connectivity index (χ0n) is 10.4. The summed E-state index contributed by atoms with van der Waals surface area (Å²) < 4.78 is 18.5. The predicted molar refractivity (Wildman–Crippen MR) is 72.2 cm³/mol. The van der Waals surface area contributed by atoms with E-state index in [9.17, 15) is 9.50 Å². The molecule has 0 aliphatic carbocycles. The molecule has 2 nitrogen and oxygen atoms in total. The van der Waals surface area contributed by atoms with Crippen LogP contribution in [0.15, 0.2) is 46.2 Å². The Hall–Kier alpha value is -1.52. The Morgan fingerprint density at radius 3 is 2.84 bits per heavy atom. The number of hydrogen-bond acceptors (Lipinski definition) is 3. The van der Waals surface area contributed by atoms with Gasteiger partial charge < -0.3 is 9.84 Å². The molecule has 19 heavy (non-hydrogen) atoms. The van der Waals surface area contributed by atoms with E-state index in [1.807, 2.05) is 18.2 Å². The number of halogens is 1. The second-order valence-electron chi connectivity index (χ2n) is 4.48. The Kier molecular flexibility index (Phi) is 3.21. The lowest BCUT2D eigenvalue weighted by atomic mass is 10.0. The van der Waals surface area contributed by atoms with E-state index in [-0.39, 0.29) is 5.82 Å². The van der Waals surface area contributed by atoms with Crippen LogP contribution in [0.1, 0.15) is 17.2 Å². The summed E-state index contributed by atoms with van der Waals surface area (Å²) in [6, 6.07) is 10.3. The molecule has 98 valence electrons. The molecule has 3 rings (SSSR count). The maximum absolute atomic E-state index is 13.3. The first-order valence-electron chi connectivity index (χ1n) is 5.99. The van der Waals surface area contributed by atoms with Crippen LogP contribution < -0.4 is 4.74 Å². The van der Waals surface area contributed by atoms with Gasteiger partial charge in [-0.25, -0.2) is 4.39 Å². The molecule has 0 saturated heterocycles. The van der Waals surface area contributed by atoms with E-state index in [1.54, 1.807) is 13.2 Å². The first kappa shape index (κ1) is 12.5. The molecule has 4 heteroatoms. The maximum Gasteiger partial charge on any atom is 0.124 e. The van der Waals surface area contributed by atoms with Gasteiger partial charge >= 0.3 is 0 Å². The van der Waals surface area contributed by atoms with Crippen LogP contribution in [0, 0.1) is 5.82 Å². The fraction of sp³-hybridized carbons (Fsp3) is 0.200. The first-order valence-corrected chi connectivity index (χ1v) is 6.81. The van der Waals surface area contributed by atoms with Crippen LogP contribution >= 0.6 is 11.8 Å². The standard InChI is InChI=1S/C15H13FO2S/c1-18-11-4-5-14-12(8-11)13(17)6-9-2-3-10(16)7-15(9)19-14/h2-5,7-8,13,17H,6H2,1H3. The zero-order chi connectivity index (χ0) is 13.4. The number of ether oxygens (including phenoxy) is 1. The summed E-state index contributed by atoms with van der Waals surface area (Å²) in [5, 5.41) is 10.3. The smallest absolute Gasteiger partial charge is 0.124 e. The van der Waals surface area contributed by atoms with Crippen molar-refractivity contribution < 1.29 is 14.2 Å². The fourth-order valence-corrected chi connectivity index (χ4v) is 3.38. The Labute approximate surface area is 115 Å². The normalized spacial score (nSPS) is 17.3. The summed E-state index contributed by atoms with van der Waals surface area (Å²) in [6.45, 7) is 0. The van der Waals surface area contributed by atoms with Gasteiger partial charge in [-0.3, -0.25) is 0 Å². The van der Waals surface area contributed by atoms with Crippen molar-refractivity contribution in [1.29, 1.82) is 0 Å². The second-order valence-corrected chi connectivity index (χ2v) is 5.56. The summed E-state index contributed by atoms with van der Waals surface area (Å²) in [7, 11) is 1.60. The minimum Gasteiger partial charge on any atom is -0.497 e. The molecular formula is C15H13FO2S. The van der Waals surface area contributed by atoms with E-state index in [0.717, 1.165) is 26.7 Å². The van der Waals surface area contributed by atoms with Gasteiger partial charge in [-0.05, 0) is 41.5 Å². The van der Waals surface area contributed by atoms with Crippen LogP contribution in [0.25, 0.3) is 0 Å². The number of methoxy groups -OCH3 is 1. The Morgan fingerprint density at radius 2 is 2.05 bits per heavy atom. The van der Waals surface area contributed by atoms with Gasteiger partial charge in [0.1, 0.15) is 11.6 Å². The van der Waals surface area contributed by atoms with Gasteiger partial charge in [-0.1, -0.05) is 17.8 Å². The highest BCUT2D eigenvalue weighted by molar-refractivity contribution is 7.99. The van der Waals surface area contributed by atoms with Gasteiger partial charge in [0.05, 0.1) is 13.2 Å². The van der Waals surface area contributed by atoms with Crippen LogP contribution in [-0.2, 0) is 6.42 Å². The van der Waals surface area contributed by atoms with Crippen LogP contribution in [-0.4, -0.2) is 12.2 Å². The Balaban J connectivity index is 2.10. The van der Waals surface area contributed by atoms with Crippen LogP contribution in [0.4, 0.5) is 4.39 Å². The first-order chi connectivity index (χ1) is 9.17. The molecule has 1 N–H and O–H groups in total. The number of hydrogen-bond donors (Lipinski definition) is 1. The molecule has 1 heterocycles. The van der Waals surface area contributed by atoms with Crippen LogP contribution in [0.3, 0.4) is 0 Å². The fourth-order valence-electron chi connectivity index (χ4n) is 2.24. The SMILES string of the molecule is COc1ccc2c(c1)C(O)Cc1ccc(F)cc1S2. The van der Waals surface area contributed by atoms with E-state index in [1.165, 1.54) is 23.9 Å². The lowest BCUT2D eigenvalue weighted by molar-refractivity contribution is 0.175. The topological polar surface area (TPSA) is 29.5 Å². The molecule has 1 unspecified atom stereocenters. The minimum atomic E-state index is -0.593. The molecular weight excluding hydrogens is 263 g/mol. The van der Waals surface area contributed by atoms with E-state index in [2.05, 4.69) is 0 Å². The van der Waals surface area contributed by atoms with Crippen molar-refractivity contribution >= 4 is 11.8 Å². The minimum absolute atomic E-state index is 0.252. The number of aliphatic hydroxyl groups excluding tert-OH is 1. The Bertz CT molecular complexity index is 628. The monoisotopic (exact) mass is 276 g/mol. The zero-order valence-corrected chi connectivity index (χ0v) is 11.2. The van der Waals surface area contributed by atoms with Crippen LogP contribution in [0.5, 0.6) is 5.75 Å². The molecule has 2 aromatic rings. The van der Waals surface area contributed by atoms with Gasteiger partial charge in [-0.2, -0.15) is 0 Å². The maximum atomic E-state index is 13.3. The van der Waals surface area contributed by atoms with E-state index in [0.29, 0.717) is 6.42 Å². The average molecular weight is 276 g/mol. The molecule has 0 amide bonds. The summed E-state index contributed by atoms with van der Waals surface area (Å²) in [5.41, 5.74) is 1.80. The van der Waals surface area contributed by atoms with Crippen LogP contribution in [0.2, 0.25) is 0 Å². The summed E-state index contributed by atoms with van der Waals surface area (Å²) in [4.78, 5) is 1.81. The Morgan fingerprint density at radius 1 is 1.21 bits per heavy atom. The number of aliphatic hydroxyl groups is 1. The molecule has 0 bridgehead atoms. The van der Waals surface area contributed by atoms with Crippen molar-refractivity contribution in [2.75, 3.05) is 7.11 Å². The average Bonchev–Trinajstić information content (AvgIpc) is 2.54. The molecule has 1 aliphatic rings.